The predicted molar refractivity (Wildman–Crippen MR) is 109 cm³/mol. The number of nitrogens with zero attached hydrogens (tertiary/aromatic N) is 5. The van der Waals surface area contributed by atoms with Gasteiger partial charge in [-0.2, -0.15) is 9.29 Å². The Morgan fingerprint density at radius 2 is 1.97 bits per heavy atom. The average Bonchev–Trinajstić information content (AvgIpc) is 3.22. The van der Waals surface area contributed by atoms with Crippen LogP contribution in [-0.2, 0) is 16.4 Å². The highest BCUT2D eigenvalue weighted by molar-refractivity contribution is 7.89. The molecule has 1 unspecified atom stereocenters. The van der Waals surface area contributed by atoms with Crippen LogP contribution in [0.25, 0.3) is 10.9 Å². The number of sulfonamides is 1. The molecule has 4 rings (SSSR count). The van der Waals surface area contributed by atoms with Crippen molar-refractivity contribution < 1.29 is 12.9 Å². The molecule has 2 aromatic heterocycles. The van der Waals surface area contributed by atoms with Gasteiger partial charge in [-0.05, 0) is 31.5 Å². The smallest absolute Gasteiger partial charge is 0.245 e. The van der Waals surface area contributed by atoms with E-state index in [0.717, 1.165) is 17.4 Å². The zero-order valence-electron chi connectivity index (χ0n) is 16.9. The molecule has 1 aliphatic heterocycles. The van der Waals surface area contributed by atoms with Crippen LogP contribution in [0.4, 0.5) is 0 Å². The van der Waals surface area contributed by atoms with Gasteiger partial charge < -0.3 is 4.52 Å². The van der Waals surface area contributed by atoms with E-state index in [4.69, 9.17) is 4.52 Å². The van der Waals surface area contributed by atoms with Crippen LogP contribution in [0.1, 0.15) is 37.2 Å². The van der Waals surface area contributed by atoms with Crippen LogP contribution in [0.2, 0.25) is 0 Å². The van der Waals surface area contributed by atoms with Gasteiger partial charge in [0.15, 0.2) is 5.82 Å². The van der Waals surface area contributed by atoms with Crippen LogP contribution in [0.5, 0.6) is 0 Å². The van der Waals surface area contributed by atoms with Crippen LogP contribution >= 0.6 is 0 Å². The van der Waals surface area contributed by atoms with E-state index in [0.29, 0.717) is 43.4 Å². The molecule has 1 atom stereocenters. The molecule has 1 aromatic carbocycles. The maximum Gasteiger partial charge on any atom is 0.245 e. The number of para-hydroxylation sites is 1. The quantitative estimate of drug-likeness (QED) is 0.632. The summed E-state index contributed by atoms with van der Waals surface area (Å²) in [7, 11) is -3.62. The third-order valence-corrected chi connectivity index (χ3v) is 7.34. The van der Waals surface area contributed by atoms with E-state index in [1.54, 1.807) is 18.3 Å². The van der Waals surface area contributed by atoms with Gasteiger partial charge in [-0.3, -0.25) is 9.88 Å². The molecule has 1 fully saturated rings. The second kappa shape index (κ2) is 7.81. The molecule has 0 N–H and O–H groups in total. The molecule has 3 aromatic rings. The molecule has 0 saturated carbocycles. The number of piperazine rings is 1. The second-order valence-corrected chi connectivity index (χ2v) is 9.27. The zero-order chi connectivity index (χ0) is 20.6. The highest BCUT2D eigenvalue weighted by atomic mass is 32.2. The third-order valence-electron chi connectivity index (χ3n) is 5.41. The van der Waals surface area contributed by atoms with E-state index in [-0.39, 0.29) is 10.9 Å². The number of rotatable bonds is 5. The van der Waals surface area contributed by atoms with Gasteiger partial charge in [0.1, 0.15) is 4.90 Å². The first-order chi connectivity index (χ1) is 13.9. The minimum absolute atomic E-state index is 0.0464. The average molecular weight is 416 g/mol. The molecular formula is C20H25N5O3S. The van der Waals surface area contributed by atoms with Gasteiger partial charge in [-0.1, -0.05) is 24.2 Å². The summed E-state index contributed by atoms with van der Waals surface area (Å²) in [6, 6.07) is 7.21. The summed E-state index contributed by atoms with van der Waals surface area (Å²) in [4.78, 5) is 11.2. The molecule has 0 bridgehead atoms. The Balaban J connectivity index is 1.52. The van der Waals surface area contributed by atoms with Crippen molar-refractivity contribution in [3.05, 3.63) is 47.7 Å². The van der Waals surface area contributed by atoms with Crippen LogP contribution in [-0.4, -0.2) is 58.9 Å². The van der Waals surface area contributed by atoms with Crippen LogP contribution < -0.4 is 0 Å². The van der Waals surface area contributed by atoms with Crippen LogP contribution in [0, 0.1) is 6.92 Å². The molecular weight excluding hydrogens is 390 g/mol. The van der Waals surface area contributed by atoms with Crippen molar-refractivity contribution >= 4 is 20.9 Å². The summed E-state index contributed by atoms with van der Waals surface area (Å²) in [5.74, 6) is 1.26. The van der Waals surface area contributed by atoms with E-state index >= 15 is 0 Å². The van der Waals surface area contributed by atoms with Crippen molar-refractivity contribution in [2.75, 3.05) is 26.2 Å². The number of hydrogen-bond donors (Lipinski definition) is 0. The SMILES string of the molecule is CCc1noc(C(C)N2CCN(S(=O)(=O)c3cccc4cc(C)cnc34)CC2)n1. The lowest BCUT2D eigenvalue weighted by Crippen LogP contribution is -2.49. The Labute approximate surface area is 170 Å². The lowest BCUT2D eigenvalue weighted by atomic mass is 10.2. The normalized spacial score (nSPS) is 17.6. The van der Waals surface area contributed by atoms with E-state index in [9.17, 15) is 8.42 Å². The largest absolute Gasteiger partial charge is 0.338 e. The molecule has 154 valence electrons. The summed E-state index contributed by atoms with van der Waals surface area (Å²) in [6.07, 6.45) is 2.43. The number of fused-ring (bicyclic) bond motifs is 1. The van der Waals surface area contributed by atoms with E-state index in [1.807, 2.05) is 32.9 Å². The van der Waals surface area contributed by atoms with Crippen molar-refractivity contribution in [2.24, 2.45) is 0 Å². The summed E-state index contributed by atoms with van der Waals surface area (Å²) >= 11 is 0. The molecule has 9 heteroatoms. The Morgan fingerprint density at radius 1 is 1.21 bits per heavy atom. The zero-order valence-corrected chi connectivity index (χ0v) is 17.7. The molecule has 29 heavy (non-hydrogen) atoms. The Kier molecular flexibility index (Phi) is 5.37. The highest BCUT2D eigenvalue weighted by Crippen LogP contribution is 2.27. The molecule has 0 amide bonds. The lowest BCUT2D eigenvalue weighted by molar-refractivity contribution is 0.124. The monoisotopic (exact) mass is 415 g/mol. The van der Waals surface area contributed by atoms with Gasteiger partial charge in [0, 0.05) is 44.2 Å². The molecule has 0 radical (unpaired) electrons. The summed E-state index contributed by atoms with van der Waals surface area (Å²) in [5, 5.41) is 4.79. The number of pyridine rings is 1. The van der Waals surface area contributed by atoms with E-state index < -0.39 is 10.0 Å². The Hall–Kier alpha value is -2.36. The lowest BCUT2D eigenvalue weighted by Gasteiger charge is -2.36. The molecule has 1 saturated heterocycles. The fraction of sp³-hybridized carbons (Fsp3) is 0.450. The standard InChI is InChI=1S/C20H25N5O3S/c1-4-18-22-20(28-23-18)15(3)24-8-10-25(11-9-24)29(26,27)17-7-5-6-16-12-14(2)13-21-19(16)17/h5-7,12-13,15H,4,8-11H2,1-3H3. The van der Waals surface area contributed by atoms with Crippen molar-refractivity contribution in [1.82, 2.24) is 24.3 Å². The third kappa shape index (κ3) is 3.77. The molecule has 0 spiro atoms. The van der Waals surface area contributed by atoms with Gasteiger partial charge in [0.05, 0.1) is 11.6 Å². The first-order valence-electron chi connectivity index (χ1n) is 9.82. The first kappa shape index (κ1) is 19.9. The van der Waals surface area contributed by atoms with Crippen LogP contribution in [0.15, 0.2) is 39.9 Å². The minimum Gasteiger partial charge on any atom is -0.338 e. The maximum absolute atomic E-state index is 13.3. The first-order valence-corrected chi connectivity index (χ1v) is 11.3. The van der Waals surface area contributed by atoms with Crippen molar-refractivity contribution in [2.45, 2.75) is 38.1 Å². The fourth-order valence-corrected chi connectivity index (χ4v) is 5.25. The topological polar surface area (TPSA) is 92.4 Å². The number of aromatic nitrogens is 3. The highest BCUT2D eigenvalue weighted by Gasteiger charge is 2.32. The number of benzene rings is 1. The van der Waals surface area contributed by atoms with Gasteiger partial charge >= 0.3 is 0 Å². The van der Waals surface area contributed by atoms with Crippen molar-refractivity contribution in [3.8, 4) is 0 Å². The fourth-order valence-electron chi connectivity index (χ4n) is 3.66. The minimum atomic E-state index is -3.62. The predicted octanol–water partition coefficient (Wildman–Crippen LogP) is 2.56. The van der Waals surface area contributed by atoms with Gasteiger partial charge in [0.2, 0.25) is 15.9 Å². The van der Waals surface area contributed by atoms with Crippen molar-refractivity contribution in [3.63, 3.8) is 0 Å². The van der Waals surface area contributed by atoms with Crippen LogP contribution in [0.3, 0.4) is 0 Å². The van der Waals surface area contributed by atoms with Gasteiger partial charge in [0.25, 0.3) is 0 Å². The van der Waals surface area contributed by atoms with E-state index in [2.05, 4.69) is 20.0 Å². The Morgan fingerprint density at radius 3 is 2.66 bits per heavy atom. The number of aryl methyl sites for hydroxylation is 2. The summed E-state index contributed by atoms with van der Waals surface area (Å²) in [5.41, 5.74) is 1.52. The molecule has 3 heterocycles. The van der Waals surface area contributed by atoms with E-state index in [1.165, 1.54) is 4.31 Å². The summed E-state index contributed by atoms with van der Waals surface area (Å²) in [6.45, 7) is 7.94. The maximum atomic E-state index is 13.3. The van der Waals surface area contributed by atoms with Gasteiger partial charge in [-0.25, -0.2) is 8.42 Å². The molecule has 1 aliphatic rings. The second-order valence-electron chi connectivity index (χ2n) is 7.36. The van der Waals surface area contributed by atoms with Crippen molar-refractivity contribution in [1.29, 1.82) is 0 Å². The molecule has 8 nitrogen and oxygen atoms in total. The number of hydrogen-bond acceptors (Lipinski definition) is 7. The van der Waals surface area contributed by atoms with Gasteiger partial charge in [-0.15, -0.1) is 0 Å². The Bertz CT molecular complexity index is 1120. The summed E-state index contributed by atoms with van der Waals surface area (Å²) < 4.78 is 33.5. The molecule has 0 aliphatic carbocycles.